The van der Waals surface area contributed by atoms with E-state index in [1.54, 1.807) is 20.8 Å². The Morgan fingerprint density at radius 3 is 1.74 bits per heavy atom. The second kappa shape index (κ2) is 13.5. The first-order valence-electron chi connectivity index (χ1n) is 10.1. The third-order valence-electron chi connectivity index (χ3n) is 4.71. The van der Waals surface area contributed by atoms with E-state index in [4.69, 9.17) is 15.9 Å². The maximum absolute atomic E-state index is 12.5. The molecule has 12 heteroatoms. The van der Waals surface area contributed by atoms with E-state index >= 15 is 0 Å². The van der Waals surface area contributed by atoms with Crippen LogP contribution in [0.1, 0.15) is 47.0 Å². The van der Waals surface area contributed by atoms with Crippen LogP contribution in [0.15, 0.2) is 0 Å². The molecule has 0 bridgehead atoms. The molecule has 0 radical (unpaired) electrons. The van der Waals surface area contributed by atoms with Gasteiger partial charge in [0.1, 0.15) is 18.1 Å². The lowest BCUT2D eigenvalue weighted by Crippen LogP contribution is -2.58. The summed E-state index contributed by atoms with van der Waals surface area (Å²) in [4.78, 5) is 59.3. The van der Waals surface area contributed by atoms with Crippen molar-refractivity contribution in [1.82, 2.24) is 16.0 Å². The maximum Gasteiger partial charge on any atom is 0.326 e. The molecule has 5 unspecified atom stereocenters. The molecular weight excluding hydrogens is 412 g/mol. The zero-order chi connectivity index (χ0) is 24.3. The van der Waals surface area contributed by atoms with E-state index < -0.39 is 66.9 Å². The van der Waals surface area contributed by atoms with E-state index in [2.05, 4.69) is 16.0 Å². The van der Waals surface area contributed by atoms with Crippen molar-refractivity contribution in [3.8, 4) is 0 Å². The highest BCUT2D eigenvalue weighted by Gasteiger charge is 2.31. The minimum absolute atomic E-state index is 0.0974. The van der Waals surface area contributed by atoms with E-state index in [0.29, 0.717) is 6.42 Å². The first-order valence-corrected chi connectivity index (χ1v) is 10.1. The lowest BCUT2D eigenvalue weighted by atomic mass is 9.99. The second-order valence-electron chi connectivity index (χ2n) is 7.84. The van der Waals surface area contributed by atoms with Gasteiger partial charge in [-0.2, -0.15) is 0 Å². The summed E-state index contributed by atoms with van der Waals surface area (Å²) in [5.41, 5.74) is 5.82. The molecule has 178 valence electrons. The van der Waals surface area contributed by atoms with Crippen molar-refractivity contribution in [2.45, 2.75) is 71.1 Å². The van der Waals surface area contributed by atoms with Crippen LogP contribution in [0.4, 0.5) is 0 Å². The number of carbonyl (C=O) groups excluding carboxylic acids is 3. The number of aliphatic carboxylic acids is 2. The maximum atomic E-state index is 12.5. The average molecular weight is 447 g/mol. The quantitative estimate of drug-likeness (QED) is 0.164. The number of aliphatic hydroxyl groups is 1. The van der Waals surface area contributed by atoms with E-state index in [1.807, 2.05) is 6.92 Å². The zero-order valence-electron chi connectivity index (χ0n) is 18.3. The summed E-state index contributed by atoms with van der Waals surface area (Å²) in [6.07, 6.45) is -0.107. The number of rotatable bonds is 14. The average Bonchev–Trinajstić information content (AvgIpc) is 2.68. The Morgan fingerprint density at radius 1 is 0.839 bits per heavy atom. The number of carbonyl (C=O) groups is 5. The van der Waals surface area contributed by atoms with Gasteiger partial charge in [-0.1, -0.05) is 34.1 Å². The first-order chi connectivity index (χ1) is 14.3. The first kappa shape index (κ1) is 28.3. The molecule has 12 nitrogen and oxygen atoms in total. The van der Waals surface area contributed by atoms with Crippen LogP contribution >= 0.6 is 0 Å². The number of amides is 3. The molecule has 8 N–H and O–H groups in total. The van der Waals surface area contributed by atoms with Gasteiger partial charge in [-0.15, -0.1) is 0 Å². The molecule has 0 aromatic carbocycles. The van der Waals surface area contributed by atoms with Crippen molar-refractivity contribution in [3.63, 3.8) is 0 Å². The summed E-state index contributed by atoms with van der Waals surface area (Å²) in [6, 6.07) is -5.16. The Balaban J connectivity index is 5.32. The van der Waals surface area contributed by atoms with E-state index in [9.17, 15) is 29.1 Å². The number of hydrogen-bond donors (Lipinski definition) is 7. The number of nitrogens with one attached hydrogen (secondary N) is 3. The monoisotopic (exact) mass is 446 g/mol. The summed E-state index contributed by atoms with van der Waals surface area (Å²) in [5, 5.41) is 34.2. The van der Waals surface area contributed by atoms with Gasteiger partial charge in [0.15, 0.2) is 0 Å². The lowest BCUT2D eigenvalue weighted by molar-refractivity contribution is -0.147. The smallest absolute Gasteiger partial charge is 0.326 e. The standard InChI is InChI=1S/C19H34N4O8/c1-5-10(4)15(20)18(29)23-13(8-24)17(28)21-11(6-9(2)3)16(27)22-12(19(30)31)7-14(25)26/h9-13,15,24H,5-8,20H2,1-4H3,(H,21,28)(H,22,27)(H,23,29)(H,25,26)(H,30,31). The molecule has 0 rings (SSSR count). The molecule has 0 saturated carbocycles. The van der Waals surface area contributed by atoms with Gasteiger partial charge in [-0.25, -0.2) is 4.79 Å². The van der Waals surface area contributed by atoms with Gasteiger partial charge in [0, 0.05) is 0 Å². The van der Waals surface area contributed by atoms with Crippen LogP contribution in [0.5, 0.6) is 0 Å². The summed E-state index contributed by atoms with van der Waals surface area (Å²) in [7, 11) is 0. The molecule has 0 aliphatic carbocycles. The van der Waals surface area contributed by atoms with Crippen molar-refractivity contribution < 1.29 is 39.3 Å². The SMILES string of the molecule is CCC(C)C(N)C(=O)NC(CO)C(=O)NC(CC(C)C)C(=O)NC(CC(=O)O)C(=O)O. The van der Waals surface area contributed by atoms with Crippen molar-refractivity contribution >= 4 is 29.7 Å². The third-order valence-corrected chi connectivity index (χ3v) is 4.71. The molecule has 31 heavy (non-hydrogen) atoms. The predicted octanol–water partition coefficient (Wildman–Crippen LogP) is -1.59. The van der Waals surface area contributed by atoms with E-state index in [0.717, 1.165) is 0 Å². The number of carboxylic acid groups (broad SMARTS) is 2. The summed E-state index contributed by atoms with van der Waals surface area (Å²) in [5.74, 6) is -5.61. The Bertz CT molecular complexity index is 655. The van der Waals surface area contributed by atoms with Crippen LogP contribution in [0.3, 0.4) is 0 Å². The molecule has 0 heterocycles. The molecule has 0 aromatic heterocycles. The Morgan fingerprint density at radius 2 is 1.32 bits per heavy atom. The molecule has 0 aromatic rings. The normalized spacial score (nSPS) is 15.8. The van der Waals surface area contributed by atoms with Gasteiger partial charge in [0.05, 0.1) is 19.1 Å². The van der Waals surface area contributed by atoms with Crippen LogP contribution in [-0.2, 0) is 24.0 Å². The number of aliphatic hydroxyl groups excluding tert-OH is 1. The number of hydrogen-bond acceptors (Lipinski definition) is 7. The van der Waals surface area contributed by atoms with Crippen molar-refractivity contribution in [2.75, 3.05) is 6.61 Å². The zero-order valence-corrected chi connectivity index (χ0v) is 18.3. The second-order valence-corrected chi connectivity index (χ2v) is 7.84. The summed E-state index contributed by atoms with van der Waals surface area (Å²) < 4.78 is 0. The summed E-state index contributed by atoms with van der Waals surface area (Å²) in [6.45, 7) is 6.37. The molecule has 0 fully saturated rings. The number of carboxylic acids is 2. The lowest BCUT2D eigenvalue weighted by Gasteiger charge is -2.25. The van der Waals surface area contributed by atoms with Crippen LogP contribution in [0.25, 0.3) is 0 Å². The van der Waals surface area contributed by atoms with Crippen molar-refractivity contribution in [3.05, 3.63) is 0 Å². The largest absolute Gasteiger partial charge is 0.481 e. The predicted molar refractivity (Wildman–Crippen MR) is 110 cm³/mol. The van der Waals surface area contributed by atoms with Crippen LogP contribution in [0.2, 0.25) is 0 Å². The highest BCUT2D eigenvalue weighted by molar-refractivity contribution is 5.94. The third kappa shape index (κ3) is 10.2. The van der Waals surface area contributed by atoms with Gasteiger partial charge in [0.25, 0.3) is 0 Å². The van der Waals surface area contributed by atoms with Crippen LogP contribution < -0.4 is 21.7 Å². The molecule has 0 aliphatic rings. The van der Waals surface area contributed by atoms with E-state index in [1.165, 1.54) is 0 Å². The van der Waals surface area contributed by atoms with Crippen molar-refractivity contribution in [2.24, 2.45) is 17.6 Å². The van der Waals surface area contributed by atoms with Gasteiger partial charge in [-0.3, -0.25) is 19.2 Å². The molecule has 3 amide bonds. The van der Waals surface area contributed by atoms with Gasteiger partial charge < -0.3 is 37.0 Å². The Hall–Kier alpha value is -2.73. The van der Waals surface area contributed by atoms with E-state index in [-0.39, 0.29) is 18.3 Å². The highest BCUT2D eigenvalue weighted by atomic mass is 16.4. The van der Waals surface area contributed by atoms with Crippen LogP contribution in [0, 0.1) is 11.8 Å². The topological polar surface area (TPSA) is 208 Å². The van der Waals surface area contributed by atoms with Gasteiger partial charge in [0.2, 0.25) is 17.7 Å². The molecule has 5 atom stereocenters. The fourth-order valence-electron chi connectivity index (χ4n) is 2.60. The molecule has 0 aliphatic heterocycles. The molecule has 0 saturated heterocycles. The Labute approximate surface area is 180 Å². The fourth-order valence-corrected chi connectivity index (χ4v) is 2.60. The molecule has 0 spiro atoms. The summed E-state index contributed by atoms with van der Waals surface area (Å²) >= 11 is 0. The van der Waals surface area contributed by atoms with Crippen molar-refractivity contribution in [1.29, 1.82) is 0 Å². The van der Waals surface area contributed by atoms with Gasteiger partial charge >= 0.3 is 11.9 Å². The fraction of sp³-hybridized carbons (Fsp3) is 0.737. The Kier molecular flexibility index (Phi) is 12.4. The minimum Gasteiger partial charge on any atom is -0.481 e. The number of nitrogens with two attached hydrogens (primary N) is 1. The van der Waals surface area contributed by atoms with Gasteiger partial charge in [-0.05, 0) is 18.3 Å². The highest BCUT2D eigenvalue weighted by Crippen LogP contribution is 2.08. The minimum atomic E-state index is -1.68. The molecular formula is C19H34N4O8. The van der Waals surface area contributed by atoms with Crippen LogP contribution in [-0.4, -0.2) is 75.8 Å².